The van der Waals surface area contributed by atoms with E-state index in [1.807, 2.05) is 0 Å². The van der Waals surface area contributed by atoms with Crippen LogP contribution >= 0.6 is 0 Å². The molecule has 1 saturated heterocycles. The molecule has 0 aromatic heterocycles. The van der Waals surface area contributed by atoms with Crippen molar-refractivity contribution < 1.29 is 0 Å². The summed E-state index contributed by atoms with van der Waals surface area (Å²) in [4.78, 5) is 0. The van der Waals surface area contributed by atoms with Gasteiger partial charge in [0.1, 0.15) is 0 Å². The van der Waals surface area contributed by atoms with Crippen LogP contribution in [0.3, 0.4) is 0 Å². The Balaban J connectivity index is 2.24. The van der Waals surface area contributed by atoms with E-state index in [1.165, 1.54) is 38.8 Å². The van der Waals surface area contributed by atoms with Crippen molar-refractivity contribution in [1.29, 1.82) is 0 Å². The first-order valence-electron chi connectivity index (χ1n) is 5.39. The highest BCUT2D eigenvalue weighted by Gasteiger charge is 2.35. The van der Waals surface area contributed by atoms with Crippen LogP contribution in [0.25, 0.3) is 0 Å². The van der Waals surface area contributed by atoms with E-state index >= 15 is 0 Å². The number of hydrogen-bond donors (Lipinski definition) is 1. The third kappa shape index (κ3) is 2.48. The van der Waals surface area contributed by atoms with Gasteiger partial charge in [-0.05, 0) is 24.2 Å². The van der Waals surface area contributed by atoms with E-state index in [1.54, 1.807) is 0 Å². The van der Waals surface area contributed by atoms with Gasteiger partial charge < -0.3 is 5.32 Å². The summed E-state index contributed by atoms with van der Waals surface area (Å²) in [5, 5.41) is 3.41. The van der Waals surface area contributed by atoms with Crippen molar-refractivity contribution in [3.8, 4) is 0 Å². The average Bonchev–Trinajstić information content (AvgIpc) is 1.94. The molecule has 0 radical (unpaired) electrons. The van der Waals surface area contributed by atoms with Gasteiger partial charge in [-0.3, -0.25) is 0 Å². The van der Waals surface area contributed by atoms with Gasteiger partial charge in [0.15, 0.2) is 0 Å². The first-order valence-corrected chi connectivity index (χ1v) is 5.39. The van der Waals surface area contributed by atoms with Gasteiger partial charge in [-0.1, -0.05) is 33.6 Å². The van der Waals surface area contributed by atoms with Crippen LogP contribution in [0.4, 0.5) is 0 Å². The Morgan fingerprint density at radius 3 is 2.25 bits per heavy atom. The van der Waals surface area contributed by atoms with Crippen LogP contribution in [0.1, 0.15) is 46.5 Å². The van der Waals surface area contributed by atoms with Crippen LogP contribution in [-0.4, -0.2) is 13.1 Å². The maximum atomic E-state index is 3.41. The predicted molar refractivity (Wildman–Crippen MR) is 54.3 cm³/mol. The standard InChI is InChI=1S/C11H23N/c1-4-6-11(8-12-9-11)7-5-10(2)3/h10,12H,4-9H2,1-3H3. The molecule has 72 valence electrons. The van der Waals surface area contributed by atoms with Crippen molar-refractivity contribution >= 4 is 0 Å². The molecular weight excluding hydrogens is 146 g/mol. The third-order valence-electron chi connectivity index (χ3n) is 3.03. The minimum atomic E-state index is 0.693. The molecule has 0 saturated carbocycles. The highest BCUT2D eigenvalue weighted by molar-refractivity contribution is 4.91. The van der Waals surface area contributed by atoms with Crippen molar-refractivity contribution in [3.63, 3.8) is 0 Å². The molecule has 0 bridgehead atoms. The lowest BCUT2D eigenvalue weighted by Crippen LogP contribution is -2.53. The Bertz CT molecular complexity index is 125. The second-order valence-corrected chi connectivity index (χ2v) is 4.79. The van der Waals surface area contributed by atoms with E-state index in [-0.39, 0.29) is 0 Å². The molecule has 12 heavy (non-hydrogen) atoms. The monoisotopic (exact) mass is 169 g/mol. The molecule has 1 nitrogen and oxygen atoms in total. The van der Waals surface area contributed by atoms with Gasteiger partial charge in [0.05, 0.1) is 0 Å². The Morgan fingerprint density at radius 1 is 1.25 bits per heavy atom. The quantitative estimate of drug-likeness (QED) is 0.667. The van der Waals surface area contributed by atoms with Gasteiger partial charge in [-0.2, -0.15) is 0 Å². The molecule has 0 aliphatic carbocycles. The lowest BCUT2D eigenvalue weighted by atomic mass is 9.73. The predicted octanol–water partition coefficient (Wildman–Crippen LogP) is 2.81. The fraction of sp³-hybridized carbons (Fsp3) is 1.00. The number of rotatable bonds is 5. The molecule has 1 heteroatoms. The van der Waals surface area contributed by atoms with Crippen molar-refractivity contribution in [1.82, 2.24) is 5.32 Å². The fourth-order valence-electron chi connectivity index (χ4n) is 2.08. The molecule has 0 spiro atoms. The summed E-state index contributed by atoms with van der Waals surface area (Å²) < 4.78 is 0. The largest absolute Gasteiger partial charge is 0.316 e. The molecule has 0 aromatic carbocycles. The Morgan fingerprint density at radius 2 is 1.92 bits per heavy atom. The molecule has 1 aliphatic heterocycles. The summed E-state index contributed by atoms with van der Waals surface area (Å²) >= 11 is 0. The molecule has 1 N–H and O–H groups in total. The highest BCUT2D eigenvalue weighted by Crippen LogP contribution is 2.34. The van der Waals surface area contributed by atoms with Crippen molar-refractivity contribution in [3.05, 3.63) is 0 Å². The van der Waals surface area contributed by atoms with E-state index in [0.717, 1.165) is 5.92 Å². The molecule has 1 fully saturated rings. The second kappa shape index (κ2) is 4.27. The van der Waals surface area contributed by atoms with E-state index in [0.29, 0.717) is 5.41 Å². The molecule has 1 aliphatic rings. The minimum absolute atomic E-state index is 0.693. The van der Waals surface area contributed by atoms with Gasteiger partial charge in [0, 0.05) is 13.1 Å². The van der Waals surface area contributed by atoms with Crippen LogP contribution in [-0.2, 0) is 0 Å². The van der Waals surface area contributed by atoms with E-state index in [9.17, 15) is 0 Å². The summed E-state index contributed by atoms with van der Waals surface area (Å²) in [6, 6.07) is 0. The molecule has 0 unspecified atom stereocenters. The van der Waals surface area contributed by atoms with E-state index in [4.69, 9.17) is 0 Å². The zero-order valence-electron chi connectivity index (χ0n) is 8.82. The molecular formula is C11H23N. The topological polar surface area (TPSA) is 12.0 Å². The Kier molecular flexibility index (Phi) is 3.57. The van der Waals surface area contributed by atoms with Gasteiger partial charge in [0.2, 0.25) is 0 Å². The number of nitrogens with one attached hydrogen (secondary N) is 1. The summed E-state index contributed by atoms with van der Waals surface area (Å²) in [6.45, 7) is 9.49. The van der Waals surface area contributed by atoms with Gasteiger partial charge in [0.25, 0.3) is 0 Å². The lowest BCUT2D eigenvalue weighted by molar-refractivity contribution is 0.127. The van der Waals surface area contributed by atoms with Crippen LogP contribution in [0.2, 0.25) is 0 Å². The molecule has 0 amide bonds. The van der Waals surface area contributed by atoms with Crippen LogP contribution in [0, 0.1) is 11.3 Å². The second-order valence-electron chi connectivity index (χ2n) is 4.79. The van der Waals surface area contributed by atoms with Crippen molar-refractivity contribution in [2.75, 3.05) is 13.1 Å². The SMILES string of the molecule is CCCC1(CCC(C)C)CNC1. The van der Waals surface area contributed by atoms with Gasteiger partial charge in [-0.25, -0.2) is 0 Å². The third-order valence-corrected chi connectivity index (χ3v) is 3.03. The summed E-state index contributed by atoms with van der Waals surface area (Å²) in [7, 11) is 0. The minimum Gasteiger partial charge on any atom is -0.316 e. The molecule has 0 atom stereocenters. The zero-order valence-corrected chi connectivity index (χ0v) is 8.82. The maximum absolute atomic E-state index is 3.41. The Labute approximate surface area is 76.9 Å². The van der Waals surface area contributed by atoms with Gasteiger partial charge in [-0.15, -0.1) is 0 Å². The van der Waals surface area contributed by atoms with E-state index < -0.39 is 0 Å². The smallest absolute Gasteiger partial charge is 0.00202 e. The first-order chi connectivity index (χ1) is 5.68. The normalized spacial score (nSPS) is 21.0. The highest BCUT2D eigenvalue weighted by atomic mass is 15.0. The van der Waals surface area contributed by atoms with Crippen LogP contribution < -0.4 is 5.32 Å². The summed E-state index contributed by atoms with van der Waals surface area (Å²) in [5.74, 6) is 0.874. The number of hydrogen-bond acceptors (Lipinski definition) is 1. The first kappa shape index (κ1) is 10.0. The van der Waals surface area contributed by atoms with Crippen LogP contribution in [0.15, 0.2) is 0 Å². The van der Waals surface area contributed by atoms with E-state index in [2.05, 4.69) is 26.1 Å². The Hall–Kier alpha value is -0.0400. The average molecular weight is 169 g/mol. The maximum Gasteiger partial charge on any atom is 0.00202 e. The lowest BCUT2D eigenvalue weighted by Gasteiger charge is -2.43. The molecule has 0 aromatic rings. The van der Waals surface area contributed by atoms with Crippen LogP contribution in [0.5, 0.6) is 0 Å². The van der Waals surface area contributed by atoms with Crippen molar-refractivity contribution in [2.45, 2.75) is 46.5 Å². The fourth-order valence-corrected chi connectivity index (χ4v) is 2.08. The van der Waals surface area contributed by atoms with Crippen molar-refractivity contribution in [2.24, 2.45) is 11.3 Å². The summed E-state index contributed by atoms with van der Waals surface area (Å²) in [6.07, 6.45) is 5.61. The van der Waals surface area contributed by atoms with Gasteiger partial charge >= 0.3 is 0 Å². The summed E-state index contributed by atoms with van der Waals surface area (Å²) in [5.41, 5.74) is 0.693. The molecule has 1 rings (SSSR count). The zero-order chi connectivity index (χ0) is 9.03. The molecule has 1 heterocycles.